The van der Waals surface area contributed by atoms with Gasteiger partial charge in [-0.05, 0) is 46.1 Å². The molecule has 0 bridgehead atoms. The van der Waals surface area contributed by atoms with Crippen molar-refractivity contribution in [1.29, 1.82) is 0 Å². The Morgan fingerprint density at radius 1 is 1.24 bits per heavy atom. The van der Waals surface area contributed by atoms with Crippen LogP contribution in [0.2, 0.25) is 0 Å². The lowest BCUT2D eigenvalue weighted by atomic mass is 10.2. The summed E-state index contributed by atoms with van der Waals surface area (Å²) in [5.74, 6) is 1.12. The van der Waals surface area contributed by atoms with Gasteiger partial charge < -0.3 is 19.9 Å². The largest absolute Gasteiger partial charge is 0.490 e. The third kappa shape index (κ3) is 7.78. The Bertz CT molecular complexity index is 876. The zero-order chi connectivity index (χ0) is 21.1. The lowest BCUT2D eigenvalue weighted by Crippen LogP contribution is -2.13. The Labute approximate surface area is 182 Å². The first kappa shape index (κ1) is 22.8. The predicted molar refractivity (Wildman–Crippen MR) is 120 cm³/mol. The molecule has 2 rings (SSSR count). The number of rotatable bonds is 9. The number of carbonyl (C=O) groups excluding carboxylic acids is 1. The number of amidine groups is 1. The minimum atomic E-state index is -0.484. The number of halogens is 1. The van der Waals surface area contributed by atoms with Crippen molar-refractivity contribution in [2.75, 3.05) is 20.3 Å². The number of carbonyl (C=O) groups is 1. The first-order valence-corrected chi connectivity index (χ1v) is 10.5. The molecule has 0 heterocycles. The first-order chi connectivity index (χ1) is 14.0. The summed E-state index contributed by atoms with van der Waals surface area (Å²) in [6.07, 6.45) is 1.56. The summed E-state index contributed by atoms with van der Waals surface area (Å²) in [6, 6.07) is 13.5. The van der Waals surface area contributed by atoms with Crippen LogP contribution in [0.25, 0.3) is 0 Å². The van der Waals surface area contributed by atoms with E-state index in [4.69, 9.17) is 15.2 Å². The van der Waals surface area contributed by atoms with Crippen molar-refractivity contribution < 1.29 is 19.0 Å². The van der Waals surface area contributed by atoms with E-state index < -0.39 is 5.97 Å². The lowest BCUT2D eigenvalue weighted by molar-refractivity contribution is -0.142. The van der Waals surface area contributed by atoms with Crippen LogP contribution in [0.4, 0.5) is 0 Å². The summed E-state index contributed by atoms with van der Waals surface area (Å²) in [4.78, 5) is 11.3. The highest BCUT2D eigenvalue weighted by Crippen LogP contribution is 2.36. The quantitative estimate of drug-likeness (QED) is 0.253. The standard InChI is InChI=1S/C20H22BrN3O4S/c1-3-27-17-10-15(9-16(21)19(17)28-12-18(25)26-2)11-23-24-20(22)29-13-14-7-5-4-6-8-14/h4-11H,3,12-13H2,1-2H3,(H2,22,24). The molecule has 29 heavy (non-hydrogen) atoms. The summed E-state index contributed by atoms with van der Waals surface area (Å²) < 4.78 is 16.3. The minimum Gasteiger partial charge on any atom is -0.490 e. The van der Waals surface area contributed by atoms with Gasteiger partial charge in [-0.2, -0.15) is 5.10 Å². The van der Waals surface area contributed by atoms with Gasteiger partial charge in [0.25, 0.3) is 0 Å². The van der Waals surface area contributed by atoms with Crippen LogP contribution in [-0.4, -0.2) is 37.7 Å². The van der Waals surface area contributed by atoms with Crippen molar-refractivity contribution in [2.24, 2.45) is 15.9 Å². The number of esters is 1. The van der Waals surface area contributed by atoms with Gasteiger partial charge in [0.2, 0.25) is 0 Å². The maximum absolute atomic E-state index is 11.3. The molecule has 0 fully saturated rings. The fourth-order valence-corrected chi connectivity index (χ4v) is 3.35. The zero-order valence-corrected chi connectivity index (χ0v) is 18.5. The van der Waals surface area contributed by atoms with Gasteiger partial charge in [-0.25, -0.2) is 4.79 Å². The molecule has 0 unspecified atom stereocenters. The number of benzene rings is 2. The average molecular weight is 480 g/mol. The SMILES string of the molecule is CCOc1cc(C=NN=C(N)SCc2ccccc2)cc(Br)c1OCC(=O)OC. The van der Waals surface area contributed by atoms with Gasteiger partial charge in [-0.3, -0.25) is 0 Å². The highest BCUT2D eigenvalue weighted by atomic mass is 79.9. The van der Waals surface area contributed by atoms with Gasteiger partial charge in [0, 0.05) is 5.75 Å². The van der Waals surface area contributed by atoms with E-state index in [1.54, 1.807) is 18.3 Å². The molecule has 0 aromatic heterocycles. The second kappa shape index (κ2) is 12.1. The topological polar surface area (TPSA) is 95.5 Å². The molecule has 7 nitrogen and oxygen atoms in total. The molecular weight excluding hydrogens is 458 g/mol. The molecule has 9 heteroatoms. The van der Waals surface area contributed by atoms with Crippen molar-refractivity contribution in [1.82, 2.24) is 0 Å². The van der Waals surface area contributed by atoms with Gasteiger partial charge in [0.15, 0.2) is 23.3 Å². The summed E-state index contributed by atoms with van der Waals surface area (Å²) in [5, 5.41) is 8.42. The van der Waals surface area contributed by atoms with Crippen LogP contribution in [0.5, 0.6) is 11.5 Å². The van der Waals surface area contributed by atoms with Gasteiger partial charge in [-0.15, -0.1) is 5.10 Å². The molecule has 154 valence electrons. The van der Waals surface area contributed by atoms with Crippen LogP contribution >= 0.6 is 27.7 Å². The Balaban J connectivity index is 2.05. The van der Waals surface area contributed by atoms with E-state index in [-0.39, 0.29) is 6.61 Å². The molecule has 0 radical (unpaired) electrons. The molecule has 0 saturated carbocycles. The molecule has 2 aromatic rings. The Kier molecular flexibility index (Phi) is 9.52. The number of hydrogen-bond acceptors (Lipinski definition) is 7. The van der Waals surface area contributed by atoms with Crippen molar-refractivity contribution in [3.63, 3.8) is 0 Å². The number of ether oxygens (including phenoxy) is 3. The fourth-order valence-electron chi connectivity index (χ4n) is 2.17. The van der Waals surface area contributed by atoms with Crippen LogP contribution < -0.4 is 15.2 Å². The molecule has 0 atom stereocenters. The lowest BCUT2D eigenvalue weighted by Gasteiger charge is -2.13. The Morgan fingerprint density at radius 2 is 2.00 bits per heavy atom. The maximum Gasteiger partial charge on any atom is 0.343 e. The van der Waals surface area contributed by atoms with E-state index in [0.29, 0.717) is 27.7 Å². The molecule has 0 spiro atoms. The van der Waals surface area contributed by atoms with Crippen molar-refractivity contribution in [3.05, 3.63) is 58.1 Å². The maximum atomic E-state index is 11.3. The van der Waals surface area contributed by atoms with Crippen LogP contribution in [-0.2, 0) is 15.3 Å². The average Bonchev–Trinajstić information content (AvgIpc) is 2.72. The van der Waals surface area contributed by atoms with Crippen LogP contribution in [0, 0.1) is 0 Å². The Hall–Kier alpha value is -2.52. The molecule has 2 N–H and O–H groups in total. The number of methoxy groups -OCH3 is 1. The van der Waals surface area contributed by atoms with E-state index in [9.17, 15) is 4.79 Å². The van der Waals surface area contributed by atoms with Crippen molar-refractivity contribution >= 4 is 45.0 Å². The van der Waals surface area contributed by atoms with Gasteiger partial charge in [0.05, 0.1) is 24.4 Å². The van der Waals surface area contributed by atoms with E-state index in [1.165, 1.54) is 18.9 Å². The third-order valence-electron chi connectivity index (χ3n) is 3.49. The molecule has 0 aliphatic rings. The predicted octanol–water partition coefficient (Wildman–Crippen LogP) is 3.98. The fraction of sp³-hybridized carbons (Fsp3) is 0.250. The molecule has 0 aliphatic heterocycles. The summed E-state index contributed by atoms with van der Waals surface area (Å²) in [6.45, 7) is 2.07. The summed E-state index contributed by atoms with van der Waals surface area (Å²) in [5.41, 5.74) is 7.79. The highest BCUT2D eigenvalue weighted by molar-refractivity contribution is 9.10. The van der Waals surface area contributed by atoms with E-state index in [2.05, 4.69) is 30.9 Å². The molecule has 2 aromatic carbocycles. The summed E-state index contributed by atoms with van der Waals surface area (Å²) in [7, 11) is 1.30. The second-order valence-corrected chi connectivity index (χ2v) is 7.43. The highest BCUT2D eigenvalue weighted by Gasteiger charge is 2.13. The molecular formula is C20H22BrN3O4S. The minimum absolute atomic E-state index is 0.220. The third-order valence-corrected chi connectivity index (χ3v) is 4.93. The number of nitrogens with zero attached hydrogens (tertiary/aromatic N) is 2. The van der Waals surface area contributed by atoms with Crippen molar-refractivity contribution in [3.8, 4) is 11.5 Å². The molecule has 0 aliphatic carbocycles. The Morgan fingerprint density at radius 3 is 2.69 bits per heavy atom. The van der Waals surface area contributed by atoms with Gasteiger partial charge >= 0.3 is 5.97 Å². The van der Waals surface area contributed by atoms with E-state index >= 15 is 0 Å². The number of hydrogen-bond donors (Lipinski definition) is 1. The molecule has 0 amide bonds. The number of nitrogens with two attached hydrogens (primary N) is 1. The zero-order valence-electron chi connectivity index (χ0n) is 16.1. The van der Waals surface area contributed by atoms with Crippen LogP contribution in [0.15, 0.2) is 57.1 Å². The van der Waals surface area contributed by atoms with E-state index in [0.717, 1.165) is 16.9 Å². The normalized spacial score (nSPS) is 11.5. The smallest absolute Gasteiger partial charge is 0.343 e. The van der Waals surface area contributed by atoms with Gasteiger partial charge in [0.1, 0.15) is 0 Å². The van der Waals surface area contributed by atoms with Crippen molar-refractivity contribution in [2.45, 2.75) is 12.7 Å². The van der Waals surface area contributed by atoms with E-state index in [1.807, 2.05) is 37.3 Å². The van der Waals surface area contributed by atoms with Gasteiger partial charge in [-0.1, -0.05) is 42.1 Å². The first-order valence-electron chi connectivity index (χ1n) is 8.72. The number of thioether (sulfide) groups is 1. The monoisotopic (exact) mass is 479 g/mol. The second-order valence-electron chi connectivity index (χ2n) is 5.58. The van der Waals surface area contributed by atoms with Crippen LogP contribution in [0.1, 0.15) is 18.1 Å². The molecule has 0 saturated heterocycles. The van der Waals surface area contributed by atoms with Crippen LogP contribution in [0.3, 0.4) is 0 Å². The summed E-state index contributed by atoms with van der Waals surface area (Å²) >= 11 is 4.84.